The number of benzene rings is 1. The van der Waals surface area contributed by atoms with Gasteiger partial charge < -0.3 is 5.73 Å². The molecule has 0 spiro atoms. The van der Waals surface area contributed by atoms with Gasteiger partial charge in [-0.3, -0.25) is 0 Å². The molecule has 0 bridgehead atoms. The van der Waals surface area contributed by atoms with Crippen LogP contribution in [0.1, 0.15) is 17.5 Å². The van der Waals surface area contributed by atoms with Crippen molar-refractivity contribution in [3.8, 4) is 0 Å². The monoisotopic (exact) mass is 245 g/mol. The zero-order chi connectivity index (χ0) is 10.4. The van der Waals surface area contributed by atoms with Gasteiger partial charge in [-0.2, -0.15) is 0 Å². The quantitative estimate of drug-likeness (QED) is 0.865. The van der Waals surface area contributed by atoms with Crippen LogP contribution in [-0.2, 0) is 6.42 Å². The van der Waals surface area contributed by atoms with Crippen LogP contribution >= 0.6 is 24.0 Å². The maximum Gasteiger partial charge on any atom is 0.0148 e. The smallest absolute Gasteiger partial charge is 0.0148 e. The molecule has 0 heterocycles. The summed E-state index contributed by atoms with van der Waals surface area (Å²) in [7, 11) is 0. The van der Waals surface area contributed by atoms with E-state index in [-0.39, 0.29) is 12.4 Å². The molecule has 0 amide bonds. The van der Waals surface area contributed by atoms with Crippen molar-refractivity contribution in [2.45, 2.75) is 19.8 Å². The molecule has 1 rings (SSSR count). The normalized spacial score (nSPS) is 11.0. The minimum Gasteiger partial charge on any atom is -0.327 e. The number of halogens is 2. The van der Waals surface area contributed by atoms with Gasteiger partial charge in [0.05, 0.1) is 0 Å². The van der Waals surface area contributed by atoms with Gasteiger partial charge in [0.2, 0.25) is 0 Å². The summed E-state index contributed by atoms with van der Waals surface area (Å²) >= 11 is 5.62. The van der Waals surface area contributed by atoms with Crippen LogP contribution in [0.3, 0.4) is 0 Å². The first kappa shape index (κ1) is 14.5. The van der Waals surface area contributed by atoms with Crippen molar-refractivity contribution in [3.05, 3.63) is 46.5 Å². The second-order valence-electron chi connectivity index (χ2n) is 3.46. The van der Waals surface area contributed by atoms with Gasteiger partial charge in [0.25, 0.3) is 0 Å². The van der Waals surface area contributed by atoms with Crippen molar-refractivity contribution in [1.82, 2.24) is 0 Å². The van der Waals surface area contributed by atoms with Gasteiger partial charge in [-0.15, -0.1) is 12.4 Å². The summed E-state index contributed by atoms with van der Waals surface area (Å²) in [5.74, 6) is 0. The molecule has 1 nitrogen and oxygen atoms in total. The highest BCUT2D eigenvalue weighted by molar-refractivity contribution is 6.25. The molecule has 0 radical (unpaired) electrons. The number of nitrogens with two attached hydrogens (primary N) is 1. The molecule has 84 valence electrons. The Hall–Kier alpha value is -0.500. The van der Waals surface area contributed by atoms with Gasteiger partial charge in [0, 0.05) is 12.1 Å². The van der Waals surface area contributed by atoms with Crippen LogP contribution in [0.4, 0.5) is 0 Å². The van der Waals surface area contributed by atoms with E-state index in [1.54, 1.807) is 5.54 Å². The molecule has 1 aromatic rings. The van der Waals surface area contributed by atoms with Crippen molar-refractivity contribution < 1.29 is 0 Å². The summed E-state index contributed by atoms with van der Waals surface area (Å²) in [5.41, 5.74) is 10.8. The van der Waals surface area contributed by atoms with E-state index in [1.165, 1.54) is 11.1 Å². The maximum atomic E-state index is 5.62. The number of hydrogen-bond donors (Lipinski definition) is 1. The van der Waals surface area contributed by atoms with Gasteiger partial charge in [-0.1, -0.05) is 41.4 Å². The molecule has 15 heavy (non-hydrogen) atoms. The zero-order valence-electron chi connectivity index (χ0n) is 8.87. The Morgan fingerprint density at radius 3 is 2.40 bits per heavy atom. The lowest BCUT2D eigenvalue weighted by Gasteiger charge is -2.03. The average Bonchev–Trinajstić information content (AvgIpc) is 2.22. The first-order valence-electron chi connectivity index (χ1n) is 4.80. The molecule has 0 fully saturated rings. The number of aryl methyl sites for hydroxylation is 2. The van der Waals surface area contributed by atoms with Gasteiger partial charge in [0.1, 0.15) is 0 Å². The second kappa shape index (κ2) is 7.75. The molecule has 0 saturated heterocycles. The highest BCUT2D eigenvalue weighted by Gasteiger charge is 1.96. The fourth-order valence-electron chi connectivity index (χ4n) is 1.26. The first-order valence-corrected chi connectivity index (χ1v) is 5.23. The molecule has 0 saturated carbocycles. The Kier molecular flexibility index (Phi) is 7.49. The SMILES string of the molecule is Cc1ccc(CC/C(=C/Cl)CN)cc1.Cl. The van der Waals surface area contributed by atoms with Gasteiger partial charge in [-0.25, -0.2) is 0 Å². The lowest BCUT2D eigenvalue weighted by Crippen LogP contribution is -2.03. The topological polar surface area (TPSA) is 26.0 Å². The predicted octanol–water partition coefficient (Wildman–Crippen LogP) is 3.43. The largest absolute Gasteiger partial charge is 0.327 e. The van der Waals surface area contributed by atoms with E-state index in [9.17, 15) is 0 Å². The van der Waals surface area contributed by atoms with E-state index < -0.39 is 0 Å². The summed E-state index contributed by atoms with van der Waals surface area (Å²) in [4.78, 5) is 0. The van der Waals surface area contributed by atoms with Crippen LogP contribution in [-0.4, -0.2) is 6.54 Å². The van der Waals surface area contributed by atoms with E-state index in [0.29, 0.717) is 6.54 Å². The van der Waals surface area contributed by atoms with Crippen LogP contribution in [0.15, 0.2) is 35.4 Å². The van der Waals surface area contributed by atoms with Gasteiger partial charge >= 0.3 is 0 Å². The Balaban J connectivity index is 0.00000196. The lowest BCUT2D eigenvalue weighted by atomic mass is 10.0. The Labute approximate surface area is 103 Å². The lowest BCUT2D eigenvalue weighted by molar-refractivity contribution is 0.906. The maximum absolute atomic E-state index is 5.62. The van der Waals surface area contributed by atoms with Gasteiger partial charge in [0.15, 0.2) is 0 Å². The van der Waals surface area contributed by atoms with Crippen LogP contribution in [0, 0.1) is 6.92 Å². The van der Waals surface area contributed by atoms with E-state index in [0.717, 1.165) is 18.4 Å². The Bertz CT molecular complexity index is 304. The number of hydrogen-bond acceptors (Lipinski definition) is 1. The van der Waals surface area contributed by atoms with Crippen molar-refractivity contribution in [2.24, 2.45) is 5.73 Å². The Morgan fingerprint density at radius 1 is 1.33 bits per heavy atom. The number of rotatable bonds is 4. The highest BCUT2D eigenvalue weighted by Crippen LogP contribution is 2.10. The first-order chi connectivity index (χ1) is 6.76. The molecule has 0 atom stereocenters. The standard InChI is InChI=1S/C12H16ClN.ClH/c1-10-2-4-11(5-3-10)6-7-12(8-13)9-14;/h2-5,8H,6-7,9,14H2,1H3;1H/b12-8-;. The molecule has 0 aliphatic heterocycles. The molecular weight excluding hydrogens is 229 g/mol. The summed E-state index contributed by atoms with van der Waals surface area (Å²) in [6.45, 7) is 2.64. The summed E-state index contributed by atoms with van der Waals surface area (Å²) in [5, 5.41) is 0. The molecule has 3 heteroatoms. The van der Waals surface area contributed by atoms with Crippen LogP contribution in [0.2, 0.25) is 0 Å². The van der Waals surface area contributed by atoms with Crippen LogP contribution in [0.25, 0.3) is 0 Å². The second-order valence-corrected chi connectivity index (χ2v) is 3.68. The fourth-order valence-corrected chi connectivity index (χ4v) is 1.46. The molecule has 2 N–H and O–H groups in total. The fraction of sp³-hybridized carbons (Fsp3) is 0.333. The molecule has 0 aromatic heterocycles. The zero-order valence-corrected chi connectivity index (χ0v) is 10.4. The third-order valence-electron chi connectivity index (χ3n) is 2.27. The minimum atomic E-state index is 0. The van der Waals surface area contributed by atoms with E-state index in [1.807, 2.05) is 0 Å². The molecule has 1 aromatic carbocycles. The van der Waals surface area contributed by atoms with Crippen LogP contribution < -0.4 is 5.73 Å². The molecular formula is C12H17Cl2N. The minimum absolute atomic E-state index is 0. The third kappa shape index (κ3) is 5.22. The molecule has 0 unspecified atom stereocenters. The molecule has 0 aliphatic carbocycles. The van der Waals surface area contributed by atoms with Crippen molar-refractivity contribution in [2.75, 3.05) is 6.54 Å². The summed E-state index contributed by atoms with van der Waals surface area (Å²) in [6, 6.07) is 8.55. The van der Waals surface area contributed by atoms with E-state index in [2.05, 4.69) is 31.2 Å². The summed E-state index contributed by atoms with van der Waals surface area (Å²) in [6.07, 6.45) is 1.96. The van der Waals surface area contributed by atoms with Crippen molar-refractivity contribution in [1.29, 1.82) is 0 Å². The van der Waals surface area contributed by atoms with Crippen molar-refractivity contribution >= 4 is 24.0 Å². The van der Waals surface area contributed by atoms with Crippen LogP contribution in [0.5, 0.6) is 0 Å². The Morgan fingerprint density at radius 2 is 1.93 bits per heavy atom. The van der Waals surface area contributed by atoms with Crippen molar-refractivity contribution in [3.63, 3.8) is 0 Å². The highest BCUT2D eigenvalue weighted by atomic mass is 35.5. The van der Waals surface area contributed by atoms with E-state index >= 15 is 0 Å². The third-order valence-corrected chi connectivity index (χ3v) is 2.58. The van der Waals surface area contributed by atoms with Gasteiger partial charge in [-0.05, 0) is 30.9 Å². The van der Waals surface area contributed by atoms with E-state index in [4.69, 9.17) is 17.3 Å². The average molecular weight is 246 g/mol. The molecule has 0 aliphatic rings. The summed E-state index contributed by atoms with van der Waals surface area (Å²) < 4.78 is 0. The predicted molar refractivity (Wildman–Crippen MR) is 69.7 cm³/mol.